The summed E-state index contributed by atoms with van der Waals surface area (Å²) in [5.74, 6) is -2.03. The van der Waals surface area contributed by atoms with Crippen molar-refractivity contribution >= 4 is 17.6 Å². The number of halogens is 1. The van der Waals surface area contributed by atoms with Crippen molar-refractivity contribution in [2.45, 2.75) is 12.3 Å². The number of carboxylic acids is 1. The first-order valence-electron chi connectivity index (χ1n) is 9.95. The lowest BCUT2D eigenvalue weighted by Crippen LogP contribution is -2.16. The first-order chi connectivity index (χ1) is 15.4. The Balaban J connectivity index is 1.62. The predicted octanol–water partition coefficient (Wildman–Crippen LogP) is 4.50. The number of aromatic nitrogens is 2. The molecule has 4 aromatic rings. The van der Waals surface area contributed by atoms with Gasteiger partial charge in [-0.15, -0.1) is 0 Å². The maximum atomic E-state index is 13.3. The summed E-state index contributed by atoms with van der Waals surface area (Å²) in [5, 5.41) is 13.2. The number of ketones is 1. The largest absolute Gasteiger partial charge is 0.477 e. The normalized spacial score (nSPS) is 11.8. The Morgan fingerprint density at radius 3 is 2.22 bits per heavy atom. The van der Waals surface area contributed by atoms with Crippen LogP contribution in [0.2, 0.25) is 0 Å². The van der Waals surface area contributed by atoms with Crippen LogP contribution in [0.3, 0.4) is 0 Å². The van der Waals surface area contributed by atoms with Gasteiger partial charge < -0.3 is 10.8 Å². The smallest absolute Gasteiger partial charge is 0.341 e. The number of anilines is 1. The highest BCUT2D eigenvalue weighted by molar-refractivity contribution is 6.01. The van der Waals surface area contributed by atoms with Gasteiger partial charge in [0, 0.05) is 5.56 Å². The van der Waals surface area contributed by atoms with Gasteiger partial charge in [-0.05, 0) is 53.9 Å². The topological polar surface area (TPSA) is 98.2 Å². The number of nitrogens with zero attached hydrogens (tertiary/aromatic N) is 2. The van der Waals surface area contributed by atoms with E-state index < -0.39 is 17.7 Å². The molecule has 32 heavy (non-hydrogen) atoms. The molecule has 6 nitrogen and oxygen atoms in total. The van der Waals surface area contributed by atoms with Crippen molar-refractivity contribution in [1.29, 1.82) is 0 Å². The number of aromatic carboxylic acids is 1. The molecule has 3 aromatic carbocycles. The SMILES string of the molecule is Nc1c(C(=O)O)cnn1-c1ccc(CC(C(=O)c2ccc(F)cc2)c2ccccc2)cc1. The number of hydrogen-bond donors (Lipinski definition) is 2. The number of carbonyl (C=O) groups excluding carboxylic acids is 1. The quantitative estimate of drug-likeness (QED) is 0.422. The summed E-state index contributed by atoms with van der Waals surface area (Å²) in [4.78, 5) is 24.4. The molecular weight excluding hydrogens is 409 g/mol. The second-order valence-electron chi connectivity index (χ2n) is 7.37. The van der Waals surface area contributed by atoms with Crippen molar-refractivity contribution in [1.82, 2.24) is 9.78 Å². The zero-order valence-corrected chi connectivity index (χ0v) is 17.0. The Kier molecular flexibility index (Phi) is 5.81. The molecule has 0 saturated carbocycles. The third-order valence-corrected chi connectivity index (χ3v) is 5.30. The van der Waals surface area contributed by atoms with Gasteiger partial charge in [-0.2, -0.15) is 5.10 Å². The molecule has 0 fully saturated rings. The van der Waals surface area contributed by atoms with Crippen molar-refractivity contribution in [2.75, 3.05) is 5.73 Å². The summed E-state index contributed by atoms with van der Waals surface area (Å²) in [6.45, 7) is 0. The standard InChI is InChI=1S/C25H20FN3O3/c26-19-10-8-18(9-11-19)23(30)21(17-4-2-1-3-5-17)14-16-6-12-20(13-7-16)29-24(27)22(15-28-29)25(31)32/h1-13,15,21H,14,27H2,(H,31,32). The molecule has 1 unspecified atom stereocenters. The molecule has 0 saturated heterocycles. The van der Waals surface area contributed by atoms with E-state index in [0.29, 0.717) is 17.7 Å². The zero-order valence-electron chi connectivity index (χ0n) is 17.0. The highest BCUT2D eigenvalue weighted by Gasteiger charge is 2.23. The Hall–Kier alpha value is -4.26. The Morgan fingerprint density at radius 1 is 0.969 bits per heavy atom. The molecule has 4 rings (SSSR count). The molecule has 0 aliphatic heterocycles. The van der Waals surface area contributed by atoms with Crippen LogP contribution in [0.5, 0.6) is 0 Å². The highest BCUT2D eigenvalue weighted by Crippen LogP contribution is 2.26. The lowest BCUT2D eigenvalue weighted by atomic mass is 9.85. The molecule has 1 atom stereocenters. The first kappa shape index (κ1) is 21.0. The molecule has 1 aromatic heterocycles. The number of carbonyl (C=O) groups is 2. The van der Waals surface area contributed by atoms with E-state index >= 15 is 0 Å². The zero-order chi connectivity index (χ0) is 22.7. The Labute approximate surface area is 183 Å². The van der Waals surface area contributed by atoms with Crippen LogP contribution in [0.25, 0.3) is 5.69 Å². The number of nitrogen functional groups attached to an aromatic ring is 1. The minimum Gasteiger partial charge on any atom is -0.477 e. The predicted molar refractivity (Wildman–Crippen MR) is 119 cm³/mol. The molecule has 0 bridgehead atoms. The number of nitrogens with two attached hydrogens (primary N) is 1. The van der Waals surface area contributed by atoms with Crippen LogP contribution in [0, 0.1) is 5.82 Å². The molecule has 7 heteroatoms. The summed E-state index contributed by atoms with van der Waals surface area (Å²) >= 11 is 0. The molecule has 0 radical (unpaired) electrons. The van der Waals surface area contributed by atoms with Crippen LogP contribution in [-0.4, -0.2) is 26.6 Å². The monoisotopic (exact) mass is 429 g/mol. The Morgan fingerprint density at radius 2 is 1.62 bits per heavy atom. The van der Waals surface area contributed by atoms with Crippen LogP contribution in [0.4, 0.5) is 10.2 Å². The second-order valence-corrected chi connectivity index (χ2v) is 7.37. The summed E-state index contributed by atoms with van der Waals surface area (Å²) < 4.78 is 14.7. The summed E-state index contributed by atoms with van der Waals surface area (Å²) in [7, 11) is 0. The second kappa shape index (κ2) is 8.85. The average Bonchev–Trinajstić information content (AvgIpc) is 3.20. The van der Waals surface area contributed by atoms with Crippen LogP contribution >= 0.6 is 0 Å². The number of Topliss-reactive ketones (excluding diaryl/α,β-unsaturated/α-hetero) is 1. The van der Waals surface area contributed by atoms with E-state index in [4.69, 9.17) is 10.8 Å². The van der Waals surface area contributed by atoms with Gasteiger partial charge in [0.1, 0.15) is 17.2 Å². The highest BCUT2D eigenvalue weighted by atomic mass is 19.1. The minimum atomic E-state index is -1.14. The Bertz CT molecular complexity index is 1250. The molecule has 0 aliphatic rings. The lowest BCUT2D eigenvalue weighted by Gasteiger charge is -2.17. The number of benzene rings is 3. The van der Waals surface area contributed by atoms with Gasteiger partial charge in [-0.25, -0.2) is 13.9 Å². The number of hydrogen-bond acceptors (Lipinski definition) is 4. The molecule has 0 aliphatic carbocycles. The molecule has 3 N–H and O–H groups in total. The fraction of sp³-hybridized carbons (Fsp3) is 0.0800. The van der Waals surface area contributed by atoms with E-state index in [1.807, 2.05) is 42.5 Å². The van der Waals surface area contributed by atoms with Crippen LogP contribution in [0.1, 0.15) is 37.8 Å². The minimum absolute atomic E-state index is 0.0406. The van der Waals surface area contributed by atoms with Crippen molar-refractivity contribution in [3.63, 3.8) is 0 Å². The van der Waals surface area contributed by atoms with Crippen molar-refractivity contribution in [3.05, 3.63) is 113 Å². The van der Waals surface area contributed by atoms with Crippen molar-refractivity contribution in [3.8, 4) is 5.69 Å². The van der Waals surface area contributed by atoms with Crippen LogP contribution < -0.4 is 5.73 Å². The van der Waals surface area contributed by atoms with Gasteiger partial charge >= 0.3 is 5.97 Å². The third-order valence-electron chi connectivity index (χ3n) is 5.30. The van der Waals surface area contributed by atoms with Gasteiger partial charge in [0.2, 0.25) is 0 Å². The van der Waals surface area contributed by atoms with Gasteiger partial charge in [-0.3, -0.25) is 4.79 Å². The van der Waals surface area contributed by atoms with Gasteiger partial charge in [-0.1, -0.05) is 42.5 Å². The van der Waals surface area contributed by atoms with E-state index in [9.17, 15) is 14.0 Å². The first-order valence-corrected chi connectivity index (χ1v) is 9.95. The number of rotatable bonds is 7. The molecule has 0 spiro atoms. The van der Waals surface area contributed by atoms with Gasteiger partial charge in [0.25, 0.3) is 0 Å². The summed E-state index contributed by atoms with van der Waals surface area (Å²) in [6, 6.07) is 22.3. The maximum Gasteiger partial charge on any atom is 0.341 e. The van der Waals surface area contributed by atoms with E-state index in [2.05, 4.69) is 5.10 Å². The molecular formula is C25H20FN3O3. The maximum absolute atomic E-state index is 13.3. The molecule has 160 valence electrons. The van der Waals surface area contributed by atoms with Crippen molar-refractivity contribution < 1.29 is 19.1 Å². The molecule has 0 amide bonds. The van der Waals surface area contributed by atoms with Gasteiger partial charge in [0.05, 0.1) is 17.8 Å². The fourth-order valence-electron chi connectivity index (χ4n) is 3.60. The summed E-state index contributed by atoms with van der Waals surface area (Å²) in [6.07, 6.45) is 1.65. The summed E-state index contributed by atoms with van der Waals surface area (Å²) in [5.41, 5.74) is 8.66. The third kappa shape index (κ3) is 4.27. The van der Waals surface area contributed by atoms with Crippen LogP contribution in [-0.2, 0) is 6.42 Å². The van der Waals surface area contributed by atoms with Gasteiger partial charge in [0.15, 0.2) is 5.78 Å². The number of carboxylic acid groups (broad SMARTS) is 1. The van der Waals surface area contributed by atoms with E-state index in [1.54, 1.807) is 12.1 Å². The van der Waals surface area contributed by atoms with E-state index in [0.717, 1.165) is 11.1 Å². The fourth-order valence-corrected chi connectivity index (χ4v) is 3.60. The average molecular weight is 429 g/mol. The van der Waals surface area contributed by atoms with E-state index in [1.165, 1.54) is 35.1 Å². The lowest BCUT2D eigenvalue weighted by molar-refractivity contribution is 0.0697. The van der Waals surface area contributed by atoms with E-state index in [-0.39, 0.29) is 17.2 Å². The molecule has 1 heterocycles. The van der Waals surface area contributed by atoms with Crippen molar-refractivity contribution in [2.24, 2.45) is 0 Å². The van der Waals surface area contributed by atoms with Crippen LogP contribution in [0.15, 0.2) is 85.1 Å².